The number of allylic oxidation sites excluding steroid dienone is 1. The van der Waals surface area contributed by atoms with Crippen molar-refractivity contribution in [1.29, 1.82) is 5.26 Å². The number of carbonyl (C=O) groups excluding carboxylic acids is 1. The molecule has 2 heterocycles. The number of esters is 1. The first kappa shape index (κ1) is 17.2. The Morgan fingerprint density at radius 3 is 2.73 bits per heavy atom. The molecule has 1 aliphatic heterocycles. The lowest BCUT2D eigenvalue weighted by atomic mass is 9.83. The zero-order valence-corrected chi connectivity index (χ0v) is 14.3. The van der Waals surface area contributed by atoms with Gasteiger partial charge in [0.15, 0.2) is 5.69 Å². The number of nitrogens with zero attached hydrogens (tertiary/aromatic N) is 2. The average Bonchev–Trinajstić information content (AvgIpc) is 3.08. The lowest BCUT2D eigenvalue weighted by molar-refractivity contribution is 0.0592. The van der Waals surface area contributed by atoms with Gasteiger partial charge in [0.25, 0.3) is 0 Å². The fourth-order valence-electron chi connectivity index (χ4n) is 2.88. The monoisotopic (exact) mass is 356 g/mol. The van der Waals surface area contributed by atoms with Gasteiger partial charge >= 0.3 is 5.97 Å². The van der Waals surface area contributed by atoms with Gasteiger partial charge in [-0.15, -0.1) is 5.10 Å². The largest absolute Gasteiger partial charge is 0.497 e. The minimum absolute atomic E-state index is 0.0672. The molecule has 3 N–H and O–H groups in total. The van der Waals surface area contributed by atoms with E-state index in [1.807, 2.05) is 6.07 Å². The Kier molecular flexibility index (Phi) is 4.41. The van der Waals surface area contributed by atoms with Crippen LogP contribution in [0.5, 0.6) is 17.4 Å². The fraction of sp³-hybridized carbons (Fsp3) is 0.235. The van der Waals surface area contributed by atoms with Crippen molar-refractivity contribution in [2.45, 2.75) is 5.92 Å². The molecule has 1 aliphatic rings. The molecule has 9 heteroatoms. The SMILES string of the molecule is COC(=O)c1[nH]nc2c1C(c1cc(OC)ccc1OC)C(C#N)=C(N)O2. The highest BCUT2D eigenvalue weighted by atomic mass is 16.5. The normalized spacial score (nSPS) is 15.5. The summed E-state index contributed by atoms with van der Waals surface area (Å²) < 4.78 is 20.9. The summed E-state index contributed by atoms with van der Waals surface area (Å²) in [5.74, 6) is -0.364. The van der Waals surface area contributed by atoms with Crippen molar-refractivity contribution in [2.24, 2.45) is 5.73 Å². The topological polar surface area (TPSA) is 132 Å². The highest BCUT2D eigenvalue weighted by Gasteiger charge is 2.38. The second-order valence-corrected chi connectivity index (χ2v) is 5.34. The number of nitrogens with two attached hydrogens (primary N) is 1. The van der Waals surface area contributed by atoms with Crippen LogP contribution in [0, 0.1) is 11.3 Å². The van der Waals surface area contributed by atoms with Crippen molar-refractivity contribution in [1.82, 2.24) is 10.2 Å². The number of ether oxygens (including phenoxy) is 4. The molecule has 0 radical (unpaired) electrons. The van der Waals surface area contributed by atoms with Gasteiger partial charge in [0, 0.05) is 5.56 Å². The molecule has 2 aromatic rings. The van der Waals surface area contributed by atoms with Crippen LogP contribution in [0.1, 0.15) is 27.5 Å². The highest BCUT2D eigenvalue weighted by molar-refractivity contribution is 5.90. The van der Waals surface area contributed by atoms with E-state index in [0.29, 0.717) is 22.6 Å². The van der Waals surface area contributed by atoms with Gasteiger partial charge < -0.3 is 24.7 Å². The number of nitrogens with one attached hydrogen (secondary N) is 1. The number of rotatable bonds is 4. The summed E-state index contributed by atoms with van der Waals surface area (Å²) in [7, 11) is 4.27. The molecule has 1 aromatic heterocycles. The van der Waals surface area contributed by atoms with E-state index in [2.05, 4.69) is 10.2 Å². The van der Waals surface area contributed by atoms with Crippen LogP contribution in [-0.2, 0) is 4.74 Å². The van der Waals surface area contributed by atoms with Gasteiger partial charge in [0.1, 0.15) is 23.1 Å². The predicted octanol–water partition coefficient (Wildman–Crippen LogP) is 1.43. The van der Waals surface area contributed by atoms with E-state index in [1.165, 1.54) is 21.3 Å². The molecule has 1 aromatic carbocycles. The number of benzene rings is 1. The van der Waals surface area contributed by atoms with Crippen molar-refractivity contribution >= 4 is 5.97 Å². The molecule has 9 nitrogen and oxygen atoms in total. The Morgan fingerprint density at radius 1 is 1.35 bits per heavy atom. The van der Waals surface area contributed by atoms with Crippen LogP contribution in [-0.4, -0.2) is 37.5 Å². The van der Waals surface area contributed by atoms with Gasteiger partial charge in [-0.05, 0) is 18.2 Å². The van der Waals surface area contributed by atoms with E-state index in [0.717, 1.165) is 0 Å². The van der Waals surface area contributed by atoms with Gasteiger partial charge in [-0.1, -0.05) is 0 Å². The molecule has 0 saturated carbocycles. The van der Waals surface area contributed by atoms with Crippen molar-refractivity contribution in [2.75, 3.05) is 21.3 Å². The third kappa shape index (κ3) is 2.57. The summed E-state index contributed by atoms with van der Waals surface area (Å²) in [5, 5.41) is 16.2. The standard InChI is InChI=1S/C17H16N4O5/c1-23-8-4-5-11(24-2)9(6-8)12-10(7-18)15(19)26-16-13(12)14(20-21-16)17(22)25-3/h4-6,12H,19H2,1-3H3,(H,20,21). The molecule has 0 bridgehead atoms. The van der Waals surface area contributed by atoms with Gasteiger partial charge in [-0.3, -0.25) is 5.10 Å². The first-order chi connectivity index (χ1) is 12.5. The lowest BCUT2D eigenvalue weighted by Crippen LogP contribution is -2.22. The maximum absolute atomic E-state index is 12.1. The number of fused-ring (bicyclic) bond motifs is 1. The van der Waals surface area contributed by atoms with Gasteiger partial charge in [0.05, 0.1) is 32.8 Å². The predicted molar refractivity (Wildman–Crippen MR) is 88.8 cm³/mol. The molecule has 0 fully saturated rings. The van der Waals surface area contributed by atoms with Crippen molar-refractivity contribution in [3.05, 3.63) is 46.5 Å². The maximum atomic E-state index is 12.1. The summed E-state index contributed by atoms with van der Waals surface area (Å²) in [6.07, 6.45) is 0. The third-order valence-corrected chi connectivity index (χ3v) is 4.08. The second-order valence-electron chi connectivity index (χ2n) is 5.34. The van der Waals surface area contributed by atoms with Gasteiger partial charge in [0.2, 0.25) is 11.8 Å². The number of aromatic amines is 1. The van der Waals surface area contributed by atoms with E-state index in [1.54, 1.807) is 18.2 Å². The van der Waals surface area contributed by atoms with Crippen LogP contribution < -0.4 is 19.9 Å². The summed E-state index contributed by atoms with van der Waals surface area (Å²) in [5.41, 5.74) is 7.01. The van der Waals surface area contributed by atoms with Crippen molar-refractivity contribution in [3.8, 4) is 23.4 Å². The minimum atomic E-state index is -0.748. The van der Waals surface area contributed by atoms with E-state index in [9.17, 15) is 10.1 Å². The number of hydrogen-bond donors (Lipinski definition) is 2. The van der Waals surface area contributed by atoms with Crippen LogP contribution in [0.15, 0.2) is 29.7 Å². The van der Waals surface area contributed by atoms with Crippen LogP contribution >= 0.6 is 0 Å². The molecule has 0 saturated heterocycles. The molecule has 134 valence electrons. The molecule has 26 heavy (non-hydrogen) atoms. The Hall–Kier alpha value is -3.67. The number of carbonyl (C=O) groups is 1. The van der Waals surface area contributed by atoms with E-state index < -0.39 is 11.9 Å². The first-order valence-electron chi connectivity index (χ1n) is 7.51. The highest BCUT2D eigenvalue weighted by Crippen LogP contribution is 2.46. The van der Waals surface area contributed by atoms with Gasteiger partial charge in [-0.25, -0.2) is 4.79 Å². The first-order valence-corrected chi connectivity index (χ1v) is 7.51. The van der Waals surface area contributed by atoms with E-state index >= 15 is 0 Å². The summed E-state index contributed by atoms with van der Waals surface area (Å²) in [4.78, 5) is 12.1. The number of H-pyrrole nitrogens is 1. The Labute approximate surface area is 148 Å². The Balaban J connectivity index is 2.31. The zero-order valence-electron chi connectivity index (χ0n) is 14.3. The van der Waals surface area contributed by atoms with Crippen molar-refractivity contribution < 1.29 is 23.7 Å². The molecule has 0 amide bonds. The minimum Gasteiger partial charge on any atom is -0.497 e. The molecule has 1 atom stereocenters. The number of aromatic nitrogens is 2. The number of nitriles is 1. The van der Waals surface area contributed by atoms with Crippen LogP contribution in [0.2, 0.25) is 0 Å². The van der Waals surface area contributed by atoms with Gasteiger partial charge in [-0.2, -0.15) is 5.26 Å². The lowest BCUT2D eigenvalue weighted by Gasteiger charge is -2.25. The summed E-state index contributed by atoms with van der Waals surface area (Å²) >= 11 is 0. The molecule has 1 unspecified atom stereocenters. The molecular weight excluding hydrogens is 340 g/mol. The number of hydrogen-bond acceptors (Lipinski definition) is 8. The summed E-state index contributed by atoms with van der Waals surface area (Å²) in [6, 6.07) is 7.17. The zero-order chi connectivity index (χ0) is 18.8. The third-order valence-electron chi connectivity index (χ3n) is 4.08. The van der Waals surface area contributed by atoms with Crippen LogP contribution in [0.3, 0.4) is 0 Å². The van der Waals surface area contributed by atoms with E-state index in [4.69, 9.17) is 24.7 Å². The Morgan fingerprint density at radius 2 is 2.12 bits per heavy atom. The molecule has 3 rings (SSSR count). The molecular formula is C17H16N4O5. The summed E-state index contributed by atoms with van der Waals surface area (Å²) in [6.45, 7) is 0. The Bertz CT molecular complexity index is 941. The molecule has 0 spiro atoms. The van der Waals surface area contributed by atoms with Crippen LogP contribution in [0.25, 0.3) is 0 Å². The molecule has 0 aliphatic carbocycles. The van der Waals surface area contributed by atoms with Crippen molar-refractivity contribution in [3.63, 3.8) is 0 Å². The fourth-order valence-corrected chi connectivity index (χ4v) is 2.88. The quantitative estimate of drug-likeness (QED) is 0.786. The van der Waals surface area contributed by atoms with Crippen LogP contribution in [0.4, 0.5) is 0 Å². The number of methoxy groups -OCH3 is 3. The second kappa shape index (κ2) is 6.68. The van der Waals surface area contributed by atoms with E-state index in [-0.39, 0.29) is 23.0 Å². The average molecular weight is 356 g/mol. The smallest absolute Gasteiger partial charge is 0.356 e. The maximum Gasteiger partial charge on any atom is 0.356 e.